The number of hydrogen-bond acceptors (Lipinski definition) is 7. The van der Waals surface area contributed by atoms with E-state index in [-0.39, 0.29) is 5.92 Å². The van der Waals surface area contributed by atoms with Crippen LogP contribution in [0.1, 0.15) is 58.1 Å². The predicted molar refractivity (Wildman–Crippen MR) is 120 cm³/mol. The number of rotatable bonds is 9. The lowest BCUT2D eigenvalue weighted by molar-refractivity contribution is -0.504. The minimum absolute atomic E-state index is 0.0208. The van der Waals surface area contributed by atoms with Gasteiger partial charge in [-0.1, -0.05) is 74.5 Å². The molecule has 0 radical (unpaired) electrons. The minimum Gasteiger partial charge on any atom is -0.393 e. The van der Waals surface area contributed by atoms with Crippen LogP contribution >= 0.6 is 0 Å². The smallest absolute Gasteiger partial charge is 0.393 e. The fourth-order valence-corrected chi connectivity index (χ4v) is 4.57. The number of benzene rings is 2. The molecular formula is C26H32O7. The van der Waals surface area contributed by atoms with Crippen molar-refractivity contribution in [2.45, 2.75) is 70.2 Å². The number of aliphatic hydroxyl groups is 1. The lowest BCUT2D eigenvalue weighted by atomic mass is 9.71. The van der Waals surface area contributed by atoms with Crippen LogP contribution in [-0.2, 0) is 40.2 Å². The van der Waals surface area contributed by atoms with Crippen LogP contribution in [-0.4, -0.2) is 29.3 Å². The molecule has 33 heavy (non-hydrogen) atoms. The normalized spacial score (nSPS) is 23.5. The molecule has 7 nitrogen and oxygen atoms in total. The van der Waals surface area contributed by atoms with Crippen molar-refractivity contribution in [3.05, 3.63) is 71.8 Å². The van der Waals surface area contributed by atoms with Crippen LogP contribution in [0.3, 0.4) is 0 Å². The van der Waals surface area contributed by atoms with Crippen LogP contribution in [0.5, 0.6) is 0 Å². The first kappa shape index (κ1) is 24.9. The fraction of sp³-hybridized carbons (Fsp3) is 0.462. The first-order valence-corrected chi connectivity index (χ1v) is 11.3. The third-order valence-electron chi connectivity index (χ3n) is 6.36. The zero-order chi connectivity index (χ0) is 24.1. The quantitative estimate of drug-likeness (QED) is 0.442. The van der Waals surface area contributed by atoms with Gasteiger partial charge in [-0.2, -0.15) is 0 Å². The number of carbonyl (C=O) groups is 2. The lowest BCUT2D eigenvalue weighted by Crippen LogP contribution is -2.58. The Balaban J connectivity index is 1.83. The molecule has 3 rings (SSSR count). The highest BCUT2D eigenvalue weighted by atomic mass is 17.3. The summed E-state index contributed by atoms with van der Waals surface area (Å²) in [5.74, 6) is -1.51. The zero-order valence-electron chi connectivity index (χ0n) is 19.5. The molecule has 0 aliphatic carbocycles. The Kier molecular flexibility index (Phi) is 7.89. The van der Waals surface area contributed by atoms with Gasteiger partial charge in [0.1, 0.15) is 6.10 Å². The Morgan fingerprint density at radius 1 is 1.06 bits per heavy atom. The summed E-state index contributed by atoms with van der Waals surface area (Å²) in [7, 11) is 0. The summed E-state index contributed by atoms with van der Waals surface area (Å²) < 4.78 is 0. The lowest BCUT2D eigenvalue weighted by Gasteiger charge is -2.42. The van der Waals surface area contributed by atoms with Crippen molar-refractivity contribution in [2.24, 2.45) is 5.92 Å². The van der Waals surface area contributed by atoms with Crippen molar-refractivity contribution < 1.29 is 34.2 Å². The summed E-state index contributed by atoms with van der Waals surface area (Å²) in [6, 6.07) is 18.1. The van der Waals surface area contributed by atoms with E-state index >= 15 is 0 Å². The first-order valence-electron chi connectivity index (χ1n) is 11.3. The highest BCUT2D eigenvalue weighted by molar-refractivity contribution is 5.86. The Bertz CT molecular complexity index is 930. The summed E-state index contributed by atoms with van der Waals surface area (Å²) in [6.45, 7) is 7.27. The monoisotopic (exact) mass is 456 g/mol. The zero-order valence-corrected chi connectivity index (χ0v) is 19.5. The van der Waals surface area contributed by atoms with Gasteiger partial charge in [0, 0.05) is 5.56 Å². The molecule has 0 amide bonds. The van der Waals surface area contributed by atoms with E-state index in [1.807, 2.05) is 50.2 Å². The molecule has 1 aliphatic rings. The fourth-order valence-electron chi connectivity index (χ4n) is 4.57. The van der Waals surface area contributed by atoms with E-state index < -0.39 is 35.2 Å². The Hall–Kier alpha value is -2.74. The molecule has 2 aromatic rings. The van der Waals surface area contributed by atoms with E-state index in [1.54, 1.807) is 38.1 Å². The van der Waals surface area contributed by atoms with Gasteiger partial charge in [0.05, 0.1) is 11.5 Å². The van der Waals surface area contributed by atoms with E-state index in [9.17, 15) is 14.7 Å². The van der Waals surface area contributed by atoms with Crippen molar-refractivity contribution in [3.63, 3.8) is 0 Å². The highest BCUT2D eigenvalue weighted by Gasteiger charge is 2.60. The number of carbonyl (C=O) groups excluding carboxylic acids is 2. The summed E-state index contributed by atoms with van der Waals surface area (Å²) in [6.07, 6.45) is 0.261. The van der Waals surface area contributed by atoms with E-state index in [0.29, 0.717) is 24.8 Å². The molecule has 178 valence electrons. The summed E-state index contributed by atoms with van der Waals surface area (Å²) >= 11 is 0. The van der Waals surface area contributed by atoms with Gasteiger partial charge in [-0.05, 0) is 44.6 Å². The van der Waals surface area contributed by atoms with E-state index in [0.717, 1.165) is 5.56 Å². The van der Waals surface area contributed by atoms with Gasteiger partial charge in [-0.3, -0.25) is 0 Å². The predicted octanol–water partition coefficient (Wildman–Crippen LogP) is 4.38. The van der Waals surface area contributed by atoms with Gasteiger partial charge < -0.3 is 5.11 Å². The van der Waals surface area contributed by atoms with Crippen molar-refractivity contribution in [2.75, 3.05) is 0 Å². The summed E-state index contributed by atoms with van der Waals surface area (Å²) in [5, 5.41) is 9.82. The average Bonchev–Trinajstić information content (AvgIpc) is 2.81. The number of hydrogen-bond donors (Lipinski definition) is 1. The van der Waals surface area contributed by atoms with Gasteiger partial charge in [0.2, 0.25) is 0 Å². The third kappa shape index (κ3) is 4.95. The average molecular weight is 457 g/mol. The van der Waals surface area contributed by atoms with E-state index in [2.05, 4.69) is 0 Å². The van der Waals surface area contributed by atoms with Gasteiger partial charge >= 0.3 is 11.9 Å². The highest BCUT2D eigenvalue weighted by Crippen LogP contribution is 2.42. The van der Waals surface area contributed by atoms with E-state index in [1.165, 1.54) is 0 Å². The molecule has 5 atom stereocenters. The molecule has 1 aliphatic heterocycles. The third-order valence-corrected chi connectivity index (χ3v) is 6.36. The minimum atomic E-state index is -1.51. The maximum atomic E-state index is 13.4. The molecule has 1 heterocycles. The second kappa shape index (κ2) is 10.5. The Morgan fingerprint density at radius 3 is 2.15 bits per heavy atom. The molecule has 7 heteroatoms. The Morgan fingerprint density at radius 2 is 1.67 bits per heavy atom. The standard InChI is InChI=1S/C26H32O7/c1-5-25(17-18(2)16-19(3)27,21-12-8-6-9-13-21)23(28)31-32-24(29)26(20(4)30-33-26)22-14-10-7-11-15-22/h6-15,18-20,27H,5,16-17H2,1-4H3. The van der Waals surface area contributed by atoms with Crippen LogP contribution in [0.15, 0.2) is 60.7 Å². The molecule has 2 aromatic carbocycles. The molecule has 1 N–H and O–H groups in total. The van der Waals surface area contributed by atoms with Crippen LogP contribution in [0.2, 0.25) is 0 Å². The van der Waals surface area contributed by atoms with Crippen LogP contribution < -0.4 is 0 Å². The molecule has 0 aromatic heterocycles. The van der Waals surface area contributed by atoms with E-state index in [4.69, 9.17) is 19.6 Å². The SMILES string of the molecule is CCC(CC(C)CC(C)O)(C(=O)OOC(=O)C1(c2ccccc2)OOC1C)c1ccccc1. The maximum Gasteiger partial charge on any atom is 0.397 e. The largest absolute Gasteiger partial charge is 0.397 e. The first-order chi connectivity index (χ1) is 15.8. The Labute approximate surface area is 194 Å². The van der Waals surface area contributed by atoms with Crippen LogP contribution in [0, 0.1) is 5.92 Å². The maximum absolute atomic E-state index is 13.4. The topological polar surface area (TPSA) is 91.3 Å². The summed E-state index contributed by atoms with van der Waals surface area (Å²) in [5.41, 5.74) is -1.25. The van der Waals surface area contributed by atoms with Gasteiger partial charge in [0.25, 0.3) is 5.60 Å². The van der Waals surface area contributed by atoms with Crippen molar-refractivity contribution in [3.8, 4) is 0 Å². The number of aliphatic hydroxyl groups excluding tert-OH is 1. The van der Waals surface area contributed by atoms with Crippen LogP contribution in [0.25, 0.3) is 0 Å². The van der Waals surface area contributed by atoms with Crippen molar-refractivity contribution >= 4 is 11.9 Å². The van der Waals surface area contributed by atoms with Crippen molar-refractivity contribution in [1.82, 2.24) is 0 Å². The van der Waals surface area contributed by atoms with Crippen LogP contribution in [0.4, 0.5) is 0 Å². The van der Waals surface area contributed by atoms with Gasteiger partial charge in [0.15, 0.2) is 0 Å². The molecule has 0 bridgehead atoms. The van der Waals surface area contributed by atoms with Gasteiger partial charge in [-0.25, -0.2) is 29.1 Å². The molecule has 0 saturated carbocycles. The summed E-state index contributed by atoms with van der Waals surface area (Å²) in [4.78, 5) is 47.0. The molecular weight excluding hydrogens is 424 g/mol. The van der Waals surface area contributed by atoms with Crippen molar-refractivity contribution in [1.29, 1.82) is 0 Å². The molecule has 0 spiro atoms. The molecule has 1 fully saturated rings. The van der Waals surface area contributed by atoms with Gasteiger partial charge in [-0.15, -0.1) is 0 Å². The molecule has 5 unspecified atom stereocenters. The second-order valence-corrected chi connectivity index (χ2v) is 8.86. The molecule has 1 saturated heterocycles. The second-order valence-electron chi connectivity index (χ2n) is 8.86.